The molecule has 0 aliphatic rings. The van der Waals surface area contributed by atoms with Crippen LogP contribution in [0, 0.1) is 0 Å². The molecule has 0 fully saturated rings. The van der Waals surface area contributed by atoms with E-state index in [1.165, 1.54) is 11.3 Å². The zero-order chi connectivity index (χ0) is 6.69. The molecule has 0 spiro atoms. The lowest BCUT2D eigenvalue weighted by Crippen LogP contribution is -2.03. The second-order valence-corrected chi connectivity index (χ2v) is 3.34. The molecule has 0 aliphatic carbocycles. The van der Waals surface area contributed by atoms with Gasteiger partial charge >= 0.3 is 0 Å². The minimum Gasteiger partial charge on any atom is -0.316 e. The van der Waals surface area contributed by atoms with Crippen molar-refractivity contribution in [2.45, 2.75) is 6.54 Å². The smallest absolute Gasteiger partial charge is 0.0931 e. The first-order valence-electron chi connectivity index (χ1n) is 2.44. The third-order valence-corrected chi connectivity index (χ3v) is 2.11. The molecule has 0 saturated heterocycles. The Labute approximate surface area is 62.0 Å². The quantitative estimate of drug-likeness (QED) is 0.653. The van der Waals surface area contributed by atoms with Crippen molar-refractivity contribution in [1.82, 2.24) is 5.48 Å². The molecule has 1 aromatic rings. The van der Waals surface area contributed by atoms with E-state index in [4.69, 9.17) is 16.8 Å². The highest BCUT2D eigenvalue weighted by molar-refractivity contribution is 7.16. The molecule has 0 aliphatic heterocycles. The number of hydrogen-bond donors (Lipinski definition) is 2. The van der Waals surface area contributed by atoms with Gasteiger partial charge in [-0.1, -0.05) is 11.6 Å². The van der Waals surface area contributed by atoms with Gasteiger partial charge in [0.1, 0.15) is 0 Å². The van der Waals surface area contributed by atoms with E-state index in [2.05, 4.69) is 0 Å². The van der Waals surface area contributed by atoms with Crippen LogP contribution in [0.3, 0.4) is 0 Å². The van der Waals surface area contributed by atoms with E-state index in [0.29, 0.717) is 6.54 Å². The van der Waals surface area contributed by atoms with Crippen LogP contribution in [0.2, 0.25) is 4.34 Å². The van der Waals surface area contributed by atoms with Gasteiger partial charge in [-0.3, -0.25) is 0 Å². The van der Waals surface area contributed by atoms with Gasteiger partial charge in [-0.2, -0.15) is 0 Å². The standard InChI is InChI=1S/C5H6ClNOS/c6-5-2-1-4(9-5)3-7-8/h1-2,7-8H,3H2. The predicted octanol–water partition coefficient (Wildman–Crippen LogP) is 1.88. The maximum Gasteiger partial charge on any atom is 0.0931 e. The van der Waals surface area contributed by atoms with Gasteiger partial charge < -0.3 is 5.21 Å². The summed E-state index contributed by atoms with van der Waals surface area (Å²) in [7, 11) is 0. The van der Waals surface area contributed by atoms with Gasteiger partial charge in [0.2, 0.25) is 0 Å². The van der Waals surface area contributed by atoms with E-state index < -0.39 is 0 Å². The SMILES string of the molecule is ONCc1ccc(Cl)s1. The van der Waals surface area contributed by atoms with Gasteiger partial charge in [-0.05, 0) is 12.1 Å². The molecule has 2 N–H and O–H groups in total. The fourth-order valence-corrected chi connectivity index (χ4v) is 1.54. The second-order valence-electron chi connectivity index (χ2n) is 1.54. The molecule has 0 radical (unpaired) electrons. The zero-order valence-electron chi connectivity index (χ0n) is 4.60. The molecule has 0 atom stereocenters. The number of hydrogen-bond acceptors (Lipinski definition) is 3. The first kappa shape index (κ1) is 7.02. The average Bonchev–Trinajstić information content (AvgIpc) is 2.17. The predicted molar refractivity (Wildman–Crippen MR) is 38.0 cm³/mol. The zero-order valence-corrected chi connectivity index (χ0v) is 6.17. The molecular weight excluding hydrogens is 158 g/mol. The lowest BCUT2D eigenvalue weighted by Gasteiger charge is -1.88. The number of hydroxylamine groups is 1. The second kappa shape index (κ2) is 3.17. The topological polar surface area (TPSA) is 32.3 Å². The van der Waals surface area contributed by atoms with Crippen LogP contribution in [0.1, 0.15) is 4.88 Å². The Kier molecular flexibility index (Phi) is 2.48. The minimum absolute atomic E-state index is 0.470. The molecule has 0 bridgehead atoms. The highest BCUT2D eigenvalue weighted by Gasteiger charge is 1.94. The Morgan fingerprint density at radius 3 is 2.89 bits per heavy atom. The summed E-state index contributed by atoms with van der Waals surface area (Å²) in [6, 6.07) is 3.68. The highest BCUT2D eigenvalue weighted by Crippen LogP contribution is 2.20. The molecule has 1 aromatic heterocycles. The molecule has 9 heavy (non-hydrogen) atoms. The van der Waals surface area contributed by atoms with E-state index in [-0.39, 0.29) is 0 Å². The molecule has 0 unspecified atom stereocenters. The van der Waals surface area contributed by atoms with E-state index in [1.807, 2.05) is 11.5 Å². The van der Waals surface area contributed by atoms with E-state index >= 15 is 0 Å². The van der Waals surface area contributed by atoms with Crippen molar-refractivity contribution in [2.75, 3.05) is 0 Å². The van der Waals surface area contributed by atoms with Crippen molar-refractivity contribution in [3.05, 3.63) is 21.3 Å². The molecule has 2 nitrogen and oxygen atoms in total. The fraction of sp³-hybridized carbons (Fsp3) is 0.200. The van der Waals surface area contributed by atoms with Crippen LogP contribution in [0.15, 0.2) is 12.1 Å². The van der Waals surface area contributed by atoms with E-state index in [1.54, 1.807) is 6.07 Å². The lowest BCUT2D eigenvalue weighted by atomic mass is 10.5. The van der Waals surface area contributed by atoms with Gasteiger partial charge in [0, 0.05) is 4.88 Å². The summed E-state index contributed by atoms with van der Waals surface area (Å²) >= 11 is 7.06. The summed E-state index contributed by atoms with van der Waals surface area (Å²) in [5, 5.41) is 8.24. The van der Waals surface area contributed by atoms with Crippen molar-refractivity contribution in [3.8, 4) is 0 Å². The van der Waals surface area contributed by atoms with Crippen LogP contribution in [0.4, 0.5) is 0 Å². The Bertz CT molecular complexity index is 189. The summed E-state index contributed by atoms with van der Waals surface area (Å²) < 4.78 is 0.750. The van der Waals surface area contributed by atoms with Crippen LogP contribution in [-0.4, -0.2) is 5.21 Å². The normalized spacial score (nSPS) is 10.0. The third kappa shape index (κ3) is 1.95. The lowest BCUT2D eigenvalue weighted by molar-refractivity contribution is 0.162. The maximum atomic E-state index is 8.24. The summed E-state index contributed by atoms with van der Waals surface area (Å²) in [4.78, 5) is 1.03. The molecule has 1 heterocycles. The monoisotopic (exact) mass is 163 g/mol. The van der Waals surface area contributed by atoms with E-state index in [9.17, 15) is 0 Å². The Hall–Kier alpha value is -0.0900. The highest BCUT2D eigenvalue weighted by atomic mass is 35.5. The fourth-order valence-electron chi connectivity index (χ4n) is 0.525. The Morgan fingerprint density at radius 2 is 2.44 bits per heavy atom. The van der Waals surface area contributed by atoms with Crippen LogP contribution < -0.4 is 5.48 Å². The first-order valence-corrected chi connectivity index (χ1v) is 3.63. The van der Waals surface area contributed by atoms with Crippen molar-refractivity contribution in [2.24, 2.45) is 0 Å². The van der Waals surface area contributed by atoms with Gasteiger partial charge in [-0.25, -0.2) is 5.48 Å². The molecule has 1 rings (SSSR count). The van der Waals surface area contributed by atoms with Crippen LogP contribution in [0.5, 0.6) is 0 Å². The third-order valence-electron chi connectivity index (χ3n) is 0.882. The van der Waals surface area contributed by atoms with Gasteiger partial charge in [0.25, 0.3) is 0 Å². The van der Waals surface area contributed by atoms with Crippen LogP contribution >= 0.6 is 22.9 Å². The molecular formula is C5H6ClNOS. The molecule has 0 saturated carbocycles. The summed E-state index contributed by atoms with van der Waals surface area (Å²) in [6.07, 6.45) is 0. The van der Waals surface area contributed by atoms with Crippen molar-refractivity contribution < 1.29 is 5.21 Å². The summed E-state index contributed by atoms with van der Waals surface area (Å²) in [5.74, 6) is 0. The summed E-state index contributed by atoms with van der Waals surface area (Å²) in [5.41, 5.74) is 2.05. The van der Waals surface area contributed by atoms with Gasteiger partial charge in [0.05, 0.1) is 10.9 Å². The number of thiophene rings is 1. The van der Waals surface area contributed by atoms with E-state index in [0.717, 1.165) is 9.21 Å². The maximum absolute atomic E-state index is 8.24. The molecule has 50 valence electrons. The Balaban J connectivity index is 2.61. The number of halogens is 1. The van der Waals surface area contributed by atoms with Crippen LogP contribution in [0.25, 0.3) is 0 Å². The van der Waals surface area contributed by atoms with Crippen molar-refractivity contribution >= 4 is 22.9 Å². The summed E-state index contributed by atoms with van der Waals surface area (Å²) in [6.45, 7) is 0.470. The molecule has 4 heteroatoms. The first-order chi connectivity index (χ1) is 4.33. The number of nitrogens with one attached hydrogen (secondary N) is 1. The number of rotatable bonds is 2. The van der Waals surface area contributed by atoms with Crippen molar-refractivity contribution in [3.63, 3.8) is 0 Å². The minimum atomic E-state index is 0.470. The van der Waals surface area contributed by atoms with Crippen LogP contribution in [-0.2, 0) is 6.54 Å². The van der Waals surface area contributed by atoms with Gasteiger partial charge in [-0.15, -0.1) is 11.3 Å². The Morgan fingerprint density at radius 1 is 1.67 bits per heavy atom. The average molecular weight is 164 g/mol. The largest absolute Gasteiger partial charge is 0.316 e. The van der Waals surface area contributed by atoms with Gasteiger partial charge in [0.15, 0.2) is 0 Å². The molecule has 0 amide bonds. The molecule has 0 aromatic carbocycles. The van der Waals surface area contributed by atoms with Crippen molar-refractivity contribution in [1.29, 1.82) is 0 Å².